The zero-order valence-corrected chi connectivity index (χ0v) is 27.5. The fourth-order valence-electron chi connectivity index (χ4n) is 7.77. The van der Waals surface area contributed by atoms with Gasteiger partial charge in [0.15, 0.2) is 0 Å². The zero-order chi connectivity index (χ0) is 32.8. The number of thiophene rings is 1. The quantitative estimate of drug-likeness (QED) is 0.190. The largest absolute Gasteiger partial charge is 0.308 e. The lowest BCUT2D eigenvalue weighted by molar-refractivity contribution is 1.26. The molecule has 0 aliphatic carbocycles. The number of para-hydroxylation sites is 2. The van der Waals surface area contributed by atoms with Crippen molar-refractivity contribution in [3.8, 4) is 44.8 Å². The number of hydrogen-bond acceptors (Lipinski definition) is 4. The maximum atomic E-state index is 5.04. The SMILES string of the molecule is c1cncc(-c2cc(-c3ccc4sc5ccc(-c6cc7c8ccccc8n8c9ccccc9c(c6)c78)cc5c4c3)cc(-c3cccnc3)n2)c1. The van der Waals surface area contributed by atoms with Gasteiger partial charge in [0.05, 0.1) is 27.9 Å². The van der Waals surface area contributed by atoms with Gasteiger partial charge < -0.3 is 4.40 Å². The molecule has 0 fully saturated rings. The first kappa shape index (κ1) is 27.5. The highest BCUT2D eigenvalue weighted by Crippen LogP contribution is 2.43. The molecule has 50 heavy (non-hydrogen) atoms. The first-order valence-electron chi connectivity index (χ1n) is 16.7. The second-order valence-corrected chi connectivity index (χ2v) is 14.0. The van der Waals surface area contributed by atoms with Crippen LogP contribution in [0.15, 0.2) is 158 Å². The van der Waals surface area contributed by atoms with Crippen molar-refractivity contribution in [3.05, 3.63) is 158 Å². The standard InChI is InChI=1S/C45H26N4S/c1-3-11-41-33(9-1)37-21-31(22-38-34-10-2-4-12-42(34)49(41)45(37)38)27-13-15-43-35(19-27)36-20-28(14-16-44(36)50-43)32-23-39(29-7-5-17-46-25-29)48-40(24-32)30-8-6-18-47-26-30/h1-26H. The molecule has 0 spiro atoms. The van der Waals surface area contributed by atoms with Crippen molar-refractivity contribution in [2.45, 2.75) is 0 Å². The zero-order valence-electron chi connectivity index (χ0n) is 26.7. The molecule has 11 rings (SSSR count). The second-order valence-electron chi connectivity index (χ2n) is 12.9. The molecule has 6 aromatic heterocycles. The van der Waals surface area contributed by atoms with E-state index in [1.807, 2.05) is 35.9 Å². The van der Waals surface area contributed by atoms with Crippen LogP contribution >= 0.6 is 11.3 Å². The number of aromatic nitrogens is 4. The highest BCUT2D eigenvalue weighted by atomic mass is 32.1. The van der Waals surface area contributed by atoms with Gasteiger partial charge in [-0.2, -0.15) is 0 Å². The summed E-state index contributed by atoms with van der Waals surface area (Å²) in [6.45, 7) is 0. The molecule has 0 saturated carbocycles. The molecule has 0 N–H and O–H groups in total. The normalized spacial score (nSPS) is 12.0. The van der Waals surface area contributed by atoms with Crippen LogP contribution in [-0.4, -0.2) is 19.4 Å². The molecule has 0 aliphatic rings. The van der Waals surface area contributed by atoms with Crippen LogP contribution < -0.4 is 0 Å². The van der Waals surface area contributed by atoms with Crippen LogP contribution in [0.1, 0.15) is 0 Å². The molecule has 0 radical (unpaired) electrons. The third kappa shape index (κ3) is 4.08. The van der Waals surface area contributed by atoms with Crippen molar-refractivity contribution >= 4 is 69.6 Å². The monoisotopic (exact) mass is 654 g/mol. The fourth-order valence-corrected chi connectivity index (χ4v) is 8.84. The van der Waals surface area contributed by atoms with E-state index in [2.05, 4.69) is 136 Å². The van der Waals surface area contributed by atoms with Crippen molar-refractivity contribution in [2.75, 3.05) is 0 Å². The fraction of sp³-hybridized carbons (Fsp3) is 0. The van der Waals surface area contributed by atoms with E-state index in [1.54, 1.807) is 12.4 Å². The lowest BCUT2D eigenvalue weighted by Crippen LogP contribution is -1.92. The predicted molar refractivity (Wildman–Crippen MR) is 209 cm³/mol. The van der Waals surface area contributed by atoms with Crippen LogP contribution in [0.5, 0.6) is 0 Å². The van der Waals surface area contributed by atoms with Gasteiger partial charge in [0.2, 0.25) is 0 Å². The Kier molecular flexibility index (Phi) is 5.80. The van der Waals surface area contributed by atoms with Gasteiger partial charge in [-0.05, 0) is 107 Å². The average molecular weight is 655 g/mol. The van der Waals surface area contributed by atoms with Crippen molar-refractivity contribution in [3.63, 3.8) is 0 Å². The summed E-state index contributed by atoms with van der Waals surface area (Å²) in [5.41, 5.74) is 12.3. The summed E-state index contributed by atoms with van der Waals surface area (Å²) in [7, 11) is 0. The van der Waals surface area contributed by atoms with E-state index < -0.39 is 0 Å². The minimum atomic E-state index is 0.887. The number of nitrogens with zero attached hydrogens (tertiary/aromatic N) is 4. The van der Waals surface area contributed by atoms with E-state index in [4.69, 9.17) is 4.98 Å². The van der Waals surface area contributed by atoms with Crippen molar-refractivity contribution < 1.29 is 0 Å². The molecular weight excluding hydrogens is 629 g/mol. The maximum absolute atomic E-state index is 5.04. The molecule has 0 saturated heterocycles. The Morgan fingerprint density at radius 2 is 0.900 bits per heavy atom. The van der Waals surface area contributed by atoms with Crippen LogP contribution in [0.25, 0.3) is 103 Å². The minimum Gasteiger partial charge on any atom is -0.308 e. The molecule has 0 bridgehead atoms. The first-order chi connectivity index (χ1) is 24.8. The van der Waals surface area contributed by atoms with Crippen molar-refractivity contribution in [2.24, 2.45) is 0 Å². The molecule has 232 valence electrons. The molecule has 6 heterocycles. The molecule has 5 aromatic carbocycles. The number of hydrogen-bond donors (Lipinski definition) is 0. The van der Waals surface area contributed by atoms with Gasteiger partial charge in [-0.3, -0.25) is 9.97 Å². The van der Waals surface area contributed by atoms with Gasteiger partial charge in [0.1, 0.15) is 0 Å². The summed E-state index contributed by atoms with van der Waals surface area (Å²) >= 11 is 1.85. The van der Waals surface area contributed by atoms with Crippen LogP contribution in [0.3, 0.4) is 0 Å². The van der Waals surface area contributed by atoms with E-state index in [1.165, 1.54) is 69.4 Å². The Bertz CT molecular complexity index is 2950. The molecule has 0 aliphatic heterocycles. The number of benzene rings is 5. The van der Waals surface area contributed by atoms with Gasteiger partial charge in [-0.1, -0.05) is 48.5 Å². The van der Waals surface area contributed by atoms with Gasteiger partial charge in [0.25, 0.3) is 0 Å². The van der Waals surface area contributed by atoms with Crippen LogP contribution in [0.2, 0.25) is 0 Å². The highest BCUT2D eigenvalue weighted by molar-refractivity contribution is 7.25. The van der Waals surface area contributed by atoms with Gasteiger partial charge in [0, 0.05) is 77.6 Å². The molecule has 5 heteroatoms. The molecule has 0 amide bonds. The van der Waals surface area contributed by atoms with Crippen LogP contribution in [0.4, 0.5) is 0 Å². The van der Waals surface area contributed by atoms with E-state index in [-0.39, 0.29) is 0 Å². The predicted octanol–water partition coefficient (Wildman–Crippen LogP) is 12.1. The summed E-state index contributed by atoms with van der Waals surface area (Å²) in [6.07, 6.45) is 7.33. The Morgan fingerprint density at radius 3 is 1.42 bits per heavy atom. The van der Waals surface area contributed by atoms with Crippen LogP contribution in [-0.2, 0) is 0 Å². The van der Waals surface area contributed by atoms with Crippen LogP contribution in [0, 0.1) is 0 Å². The third-order valence-electron chi connectivity index (χ3n) is 10.1. The summed E-state index contributed by atoms with van der Waals surface area (Å²) in [5, 5.41) is 7.72. The molecule has 4 nitrogen and oxygen atoms in total. The summed E-state index contributed by atoms with van der Waals surface area (Å²) in [6, 6.07) is 48.5. The summed E-state index contributed by atoms with van der Waals surface area (Å²) < 4.78 is 5.01. The van der Waals surface area contributed by atoms with Gasteiger partial charge >= 0.3 is 0 Å². The van der Waals surface area contributed by atoms with Gasteiger partial charge in [-0.15, -0.1) is 11.3 Å². The third-order valence-corrected chi connectivity index (χ3v) is 11.2. The highest BCUT2D eigenvalue weighted by Gasteiger charge is 2.19. The number of rotatable bonds is 4. The van der Waals surface area contributed by atoms with Crippen molar-refractivity contribution in [1.82, 2.24) is 19.4 Å². The number of fused-ring (bicyclic) bond motifs is 9. The average Bonchev–Trinajstić information content (AvgIpc) is 3.84. The van der Waals surface area contributed by atoms with E-state index in [9.17, 15) is 0 Å². The Labute approximate surface area is 290 Å². The molecule has 0 unspecified atom stereocenters. The minimum absolute atomic E-state index is 0.887. The Balaban J connectivity index is 1.10. The number of pyridine rings is 3. The second kappa shape index (κ2) is 10.5. The Hall–Kier alpha value is -6.43. The topological polar surface area (TPSA) is 43.1 Å². The van der Waals surface area contributed by atoms with E-state index >= 15 is 0 Å². The first-order valence-corrected chi connectivity index (χ1v) is 17.6. The van der Waals surface area contributed by atoms with Crippen molar-refractivity contribution in [1.29, 1.82) is 0 Å². The summed E-state index contributed by atoms with van der Waals surface area (Å²) in [5.74, 6) is 0. The van der Waals surface area contributed by atoms with E-state index in [0.717, 1.165) is 33.6 Å². The lowest BCUT2D eigenvalue weighted by atomic mass is 9.97. The molecule has 0 atom stereocenters. The molecule has 11 aromatic rings. The smallest absolute Gasteiger partial charge is 0.0731 e. The molecular formula is C45H26N4S. The van der Waals surface area contributed by atoms with E-state index in [0.29, 0.717) is 0 Å². The maximum Gasteiger partial charge on any atom is 0.0731 e. The Morgan fingerprint density at radius 1 is 0.400 bits per heavy atom. The van der Waals surface area contributed by atoms with Gasteiger partial charge in [-0.25, -0.2) is 4.98 Å². The summed E-state index contributed by atoms with van der Waals surface area (Å²) in [4.78, 5) is 13.8. The lowest BCUT2D eigenvalue weighted by Gasteiger charge is -2.10.